The molecule has 0 aliphatic carbocycles. The molecular formula is C7H11BrN2O. The number of aromatic nitrogens is 2. The number of nitrogens with zero attached hydrogens (tertiary/aromatic N) is 2. The van der Waals surface area contributed by atoms with E-state index >= 15 is 0 Å². The van der Waals surface area contributed by atoms with E-state index in [1.165, 1.54) is 0 Å². The summed E-state index contributed by atoms with van der Waals surface area (Å²) >= 11 is 3.28. The first kappa shape index (κ1) is 8.74. The van der Waals surface area contributed by atoms with Gasteiger partial charge in [-0.05, 0) is 28.4 Å². The van der Waals surface area contributed by atoms with Crippen LogP contribution in [0.2, 0.25) is 0 Å². The zero-order valence-electron chi connectivity index (χ0n) is 6.46. The van der Waals surface area contributed by atoms with E-state index in [0.717, 1.165) is 24.2 Å². The summed E-state index contributed by atoms with van der Waals surface area (Å²) in [7, 11) is 1.71. The van der Waals surface area contributed by atoms with Crippen molar-refractivity contribution < 1.29 is 4.74 Å². The van der Waals surface area contributed by atoms with E-state index in [0.29, 0.717) is 0 Å². The lowest BCUT2D eigenvalue weighted by Gasteiger charge is -1.98. The Labute approximate surface area is 74.5 Å². The number of methoxy groups -OCH3 is 1. The summed E-state index contributed by atoms with van der Waals surface area (Å²) < 4.78 is 7.69. The van der Waals surface area contributed by atoms with Crippen LogP contribution in [0, 0.1) is 0 Å². The first-order valence-corrected chi connectivity index (χ1v) is 4.30. The van der Waals surface area contributed by atoms with Crippen molar-refractivity contribution in [2.45, 2.75) is 13.0 Å². The first-order valence-electron chi connectivity index (χ1n) is 3.51. The number of rotatable bonds is 4. The van der Waals surface area contributed by atoms with Crippen LogP contribution >= 0.6 is 15.9 Å². The number of hydrogen-bond acceptors (Lipinski definition) is 2. The topological polar surface area (TPSA) is 27.1 Å². The Hall–Kier alpha value is -0.350. The predicted molar refractivity (Wildman–Crippen MR) is 46.4 cm³/mol. The molecule has 1 heterocycles. The average Bonchev–Trinajstić information content (AvgIpc) is 2.37. The van der Waals surface area contributed by atoms with Crippen molar-refractivity contribution in [3.05, 3.63) is 16.9 Å². The number of halogens is 1. The molecule has 0 fully saturated rings. The zero-order chi connectivity index (χ0) is 8.10. The molecule has 0 spiro atoms. The van der Waals surface area contributed by atoms with E-state index in [4.69, 9.17) is 4.74 Å². The minimum absolute atomic E-state index is 0.789. The minimum atomic E-state index is 0.789. The third kappa shape index (κ3) is 3.03. The Morgan fingerprint density at radius 3 is 3.09 bits per heavy atom. The Morgan fingerprint density at radius 1 is 1.73 bits per heavy atom. The van der Waals surface area contributed by atoms with Crippen LogP contribution in [0.1, 0.15) is 6.42 Å². The van der Waals surface area contributed by atoms with Gasteiger partial charge in [0.1, 0.15) is 4.60 Å². The first-order chi connectivity index (χ1) is 5.33. The molecule has 1 aromatic heterocycles. The van der Waals surface area contributed by atoms with Gasteiger partial charge in [0, 0.05) is 26.5 Å². The fourth-order valence-corrected chi connectivity index (χ4v) is 1.15. The van der Waals surface area contributed by atoms with Crippen molar-refractivity contribution in [2.75, 3.05) is 13.7 Å². The van der Waals surface area contributed by atoms with E-state index in [1.807, 2.05) is 16.9 Å². The minimum Gasteiger partial charge on any atom is -0.385 e. The monoisotopic (exact) mass is 218 g/mol. The molecule has 0 unspecified atom stereocenters. The number of aryl methyl sites for hydroxylation is 1. The zero-order valence-corrected chi connectivity index (χ0v) is 8.04. The summed E-state index contributed by atoms with van der Waals surface area (Å²) in [6.45, 7) is 1.71. The van der Waals surface area contributed by atoms with Gasteiger partial charge in [-0.15, -0.1) is 0 Å². The molecule has 0 atom stereocenters. The summed E-state index contributed by atoms with van der Waals surface area (Å²) in [5, 5.41) is 4.16. The molecule has 0 radical (unpaired) electrons. The standard InChI is InChI=1S/C7H11BrN2O/c1-11-6-2-4-10-5-3-7(8)9-10/h3,5H,2,4,6H2,1H3. The van der Waals surface area contributed by atoms with Gasteiger partial charge < -0.3 is 4.74 Å². The molecule has 1 rings (SSSR count). The maximum absolute atomic E-state index is 4.92. The quantitative estimate of drug-likeness (QED) is 0.720. The van der Waals surface area contributed by atoms with E-state index in [9.17, 15) is 0 Å². The second kappa shape index (κ2) is 4.51. The van der Waals surface area contributed by atoms with E-state index in [1.54, 1.807) is 7.11 Å². The van der Waals surface area contributed by atoms with Crippen molar-refractivity contribution in [2.24, 2.45) is 0 Å². The van der Waals surface area contributed by atoms with Gasteiger partial charge in [0.05, 0.1) is 0 Å². The molecule has 0 saturated carbocycles. The molecule has 0 N–H and O–H groups in total. The van der Waals surface area contributed by atoms with Gasteiger partial charge in [-0.1, -0.05) is 0 Å². The normalized spacial score (nSPS) is 10.4. The third-order valence-electron chi connectivity index (χ3n) is 1.34. The van der Waals surface area contributed by atoms with Crippen molar-refractivity contribution in [1.29, 1.82) is 0 Å². The fourth-order valence-electron chi connectivity index (χ4n) is 0.832. The van der Waals surface area contributed by atoms with Crippen LogP contribution in [0.4, 0.5) is 0 Å². The largest absolute Gasteiger partial charge is 0.385 e. The van der Waals surface area contributed by atoms with Gasteiger partial charge in [0.25, 0.3) is 0 Å². The maximum Gasteiger partial charge on any atom is 0.128 e. The summed E-state index contributed by atoms with van der Waals surface area (Å²) in [5.41, 5.74) is 0. The van der Waals surface area contributed by atoms with Gasteiger partial charge in [0.2, 0.25) is 0 Å². The molecule has 0 amide bonds. The highest BCUT2D eigenvalue weighted by atomic mass is 79.9. The van der Waals surface area contributed by atoms with Crippen molar-refractivity contribution in [3.63, 3.8) is 0 Å². The summed E-state index contributed by atoms with van der Waals surface area (Å²) in [6.07, 6.45) is 2.95. The smallest absolute Gasteiger partial charge is 0.128 e. The van der Waals surface area contributed by atoms with E-state index in [-0.39, 0.29) is 0 Å². The van der Waals surface area contributed by atoms with Gasteiger partial charge in [0.15, 0.2) is 0 Å². The predicted octanol–water partition coefficient (Wildman–Crippen LogP) is 1.68. The van der Waals surface area contributed by atoms with Crippen LogP contribution in [0.3, 0.4) is 0 Å². The summed E-state index contributed by atoms with van der Waals surface area (Å²) in [6, 6.07) is 1.92. The molecular weight excluding hydrogens is 208 g/mol. The summed E-state index contributed by atoms with van der Waals surface area (Å²) in [4.78, 5) is 0. The lowest BCUT2D eigenvalue weighted by Crippen LogP contribution is -2.01. The van der Waals surface area contributed by atoms with E-state index < -0.39 is 0 Å². The second-order valence-corrected chi connectivity index (χ2v) is 3.06. The highest BCUT2D eigenvalue weighted by Gasteiger charge is 1.93. The average molecular weight is 219 g/mol. The lowest BCUT2D eigenvalue weighted by atomic mass is 10.4. The molecule has 0 aromatic carbocycles. The van der Waals surface area contributed by atoms with Crippen molar-refractivity contribution >= 4 is 15.9 Å². The van der Waals surface area contributed by atoms with Crippen LogP contribution in [-0.4, -0.2) is 23.5 Å². The van der Waals surface area contributed by atoms with Gasteiger partial charge in [-0.2, -0.15) is 5.10 Å². The fraction of sp³-hybridized carbons (Fsp3) is 0.571. The Balaban J connectivity index is 2.27. The van der Waals surface area contributed by atoms with Gasteiger partial charge in [-0.25, -0.2) is 0 Å². The van der Waals surface area contributed by atoms with Gasteiger partial charge >= 0.3 is 0 Å². The maximum atomic E-state index is 4.92. The third-order valence-corrected chi connectivity index (χ3v) is 1.77. The van der Waals surface area contributed by atoms with Crippen molar-refractivity contribution in [1.82, 2.24) is 9.78 Å². The summed E-state index contributed by atoms with van der Waals surface area (Å²) in [5.74, 6) is 0. The molecule has 0 aliphatic heterocycles. The Kier molecular flexibility index (Phi) is 3.59. The van der Waals surface area contributed by atoms with E-state index in [2.05, 4.69) is 21.0 Å². The van der Waals surface area contributed by atoms with Gasteiger partial charge in [-0.3, -0.25) is 4.68 Å². The Bertz CT molecular complexity index is 212. The molecule has 0 aliphatic rings. The van der Waals surface area contributed by atoms with Crippen molar-refractivity contribution in [3.8, 4) is 0 Å². The second-order valence-electron chi connectivity index (χ2n) is 2.25. The SMILES string of the molecule is COCCCn1ccc(Br)n1. The van der Waals surface area contributed by atoms with Crippen LogP contribution in [0.5, 0.6) is 0 Å². The number of hydrogen-bond donors (Lipinski definition) is 0. The molecule has 4 heteroatoms. The molecule has 0 saturated heterocycles. The molecule has 0 bridgehead atoms. The molecule has 62 valence electrons. The highest BCUT2D eigenvalue weighted by molar-refractivity contribution is 9.10. The Morgan fingerprint density at radius 2 is 2.55 bits per heavy atom. The number of ether oxygens (including phenoxy) is 1. The molecule has 1 aromatic rings. The molecule has 11 heavy (non-hydrogen) atoms. The van der Waals surface area contributed by atoms with Crippen LogP contribution in [0.25, 0.3) is 0 Å². The lowest BCUT2D eigenvalue weighted by molar-refractivity contribution is 0.189. The van der Waals surface area contributed by atoms with Crippen LogP contribution in [0.15, 0.2) is 16.9 Å². The van der Waals surface area contributed by atoms with Crippen LogP contribution in [-0.2, 0) is 11.3 Å². The highest BCUT2D eigenvalue weighted by Crippen LogP contribution is 2.03. The molecule has 3 nitrogen and oxygen atoms in total. The van der Waals surface area contributed by atoms with Crippen LogP contribution < -0.4 is 0 Å².